The molecule has 1 aromatic rings. The molecular formula is C18H25N3OS. The highest BCUT2D eigenvalue weighted by Gasteiger charge is 2.28. The fraction of sp³-hybridized carbons (Fsp3) is 0.500. The zero-order valence-corrected chi connectivity index (χ0v) is 14.3. The summed E-state index contributed by atoms with van der Waals surface area (Å²) in [6.07, 6.45) is 3.22. The average molecular weight is 331 g/mol. The van der Waals surface area contributed by atoms with Crippen LogP contribution in [0.25, 0.3) is 0 Å². The predicted molar refractivity (Wildman–Crippen MR) is 96.7 cm³/mol. The molecule has 0 bridgehead atoms. The number of nitrogens with one attached hydrogen (secondary N) is 2. The number of carbonyl (C=O) groups excluding carboxylic acids is 1. The zero-order valence-electron chi connectivity index (χ0n) is 13.5. The van der Waals surface area contributed by atoms with Gasteiger partial charge in [-0.3, -0.25) is 9.69 Å². The smallest absolute Gasteiger partial charge is 0.242 e. The molecule has 0 aliphatic carbocycles. The predicted octanol–water partition coefficient (Wildman–Crippen LogP) is 1.81. The van der Waals surface area contributed by atoms with Crippen molar-refractivity contribution in [3.63, 3.8) is 0 Å². The van der Waals surface area contributed by atoms with Crippen molar-refractivity contribution in [2.45, 2.75) is 12.5 Å². The number of nitrogens with zero attached hydrogens (tertiary/aromatic N) is 1. The van der Waals surface area contributed by atoms with Crippen molar-refractivity contribution in [2.75, 3.05) is 44.2 Å². The van der Waals surface area contributed by atoms with Gasteiger partial charge in [-0.2, -0.15) is 11.8 Å². The first-order valence-electron chi connectivity index (χ1n) is 8.37. The number of rotatable bonds is 5. The molecule has 1 aromatic carbocycles. The fourth-order valence-electron chi connectivity index (χ4n) is 3.13. The van der Waals surface area contributed by atoms with E-state index in [4.69, 9.17) is 0 Å². The standard InChI is InChI=1S/C18H25N3OS/c22-18(20-14-15-6-8-19-9-7-15)17(16-4-2-1-3-5-16)21-10-12-23-13-11-21/h1-6,17,19H,7-14H2,(H,20,22). The molecule has 23 heavy (non-hydrogen) atoms. The van der Waals surface area contributed by atoms with Gasteiger partial charge in [-0.15, -0.1) is 0 Å². The molecule has 2 heterocycles. The molecule has 1 amide bonds. The first kappa shape index (κ1) is 16.6. The molecule has 1 fully saturated rings. The van der Waals surface area contributed by atoms with E-state index in [1.807, 2.05) is 30.0 Å². The SMILES string of the molecule is O=C(NCC1=CCNCC1)C(c1ccccc1)N1CCSCC1. The van der Waals surface area contributed by atoms with Gasteiger partial charge in [-0.25, -0.2) is 0 Å². The number of carbonyl (C=O) groups is 1. The van der Waals surface area contributed by atoms with E-state index in [1.165, 1.54) is 5.57 Å². The van der Waals surface area contributed by atoms with E-state index in [9.17, 15) is 4.79 Å². The van der Waals surface area contributed by atoms with E-state index < -0.39 is 0 Å². The Kier molecular flexibility index (Phi) is 6.13. The molecule has 0 saturated carbocycles. The molecule has 0 aromatic heterocycles. The second-order valence-electron chi connectivity index (χ2n) is 6.00. The molecule has 1 atom stereocenters. The summed E-state index contributed by atoms with van der Waals surface area (Å²) in [7, 11) is 0. The number of hydrogen-bond donors (Lipinski definition) is 2. The molecular weight excluding hydrogens is 306 g/mol. The van der Waals surface area contributed by atoms with E-state index in [0.717, 1.165) is 49.7 Å². The summed E-state index contributed by atoms with van der Waals surface area (Å²) in [4.78, 5) is 15.2. The van der Waals surface area contributed by atoms with Crippen LogP contribution in [0.4, 0.5) is 0 Å². The minimum Gasteiger partial charge on any atom is -0.351 e. The van der Waals surface area contributed by atoms with Gasteiger partial charge in [0.05, 0.1) is 0 Å². The molecule has 1 saturated heterocycles. The highest BCUT2D eigenvalue weighted by atomic mass is 32.2. The van der Waals surface area contributed by atoms with Crippen LogP contribution >= 0.6 is 11.8 Å². The van der Waals surface area contributed by atoms with E-state index in [0.29, 0.717) is 6.54 Å². The number of benzene rings is 1. The van der Waals surface area contributed by atoms with Crippen LogP contribution in [0, 0.1) is 0 Å². The molecule has 2 N–H and O–H groups in total. The molecule has 4 nitrogen and oxygen atoms in total. The van der Waals surface area contributed by atoms with Crippen LogP contribution in [0.15, 0.2) is 42.0 Å². The van der Waals surface area contributed by atoms with Gasteiger partial charge in [0.2, 0.25) is 5.91 Å². The molecule has 2 aliphatic heterocycles. The maximum absolute atomic E-state index is 12.9. The second kappa shape index (κ2) is 8.52. The molecule has 0 spiro atoms. The molecule has 2 aliphatic rings. The largest absolute Gasteiger partial charge is 0.351 e. The van der Waals surface area contributed by atoms with Gasteiger partial charge >= 0.3 is 0 Å². The van der Waals surface area contributed by atoms with Crippen LogP contribution in [0.5, 0.6) is 0 Å². The molecule has 3 rings (SSSR count). The Balaban J connectivity index is 1.69. The Morgan fingerprint density at radius 2 is 2.04 bits per heavy atom. The van der Waals surface area contributed by atoms with Gasteiger partial charge in [0.15, 0.2) is 0 Å². The summed E-state index contributed by atoms with van der Waals surface area (Å²) in [6, 6.07) is 10.0. The summed E-state index contributed by atoms with van der Waals surface area (Å²) in [5.41, 5.74) is 2.43. The summed E-state index contributed by atoms with van der Waals surface area (Å²) in [5.74, 6) is 2.34. The third-order valence-corrected chi connectivity index (χ3v) is 5.36. The second-order valence-corrected chi connectivity index (χ2v) is 7.22. The van der Waals surface area contributed by atoms with Crippen LogP contribution in [0.2, 0.25) is 0 Å². The first-order chi connectivity index (χ1) is 11.3. The normalized spacial score (nSPS) is 20.6. The van der Waals surface area contributed by atoms with Crippen molar-refractivity contribution in [3.8, 4) is 0 Å². The molecule has 124 valence electrons. The van der Waals surface area contributed by atoms with Gasteiger partial charge < -0.3 is 10.6 Å². The van der Waals surface area contributed by atoms with E-state index >= 15 is 0 Å². The number of amides is 1. The quantitative estimate of drug-likeness (QED) is 0.808. The molecule has 5 heteroatoms. The maximum atomic E-state index is 12.9. The minimum absolute atomic E-state index is 0.127. The highest BCUT2D eigenvalue weighted by Crippen LogP contribution is 2.24. The molecule has 0 radical (unpaired) electrons. The highest BCUT2D eigenvalue weighted by molar-refractivity contribution is 7.99. The van der Waals surface area contributed by atoms with E-state index in [2.05, 4.69) is 33.7 Å². The summed E-state index contributed by atoms with van der Waals surface area (Å²) in [6.45, 7) is 4.55. The van der Waals surface area contributed by atoms with Crippen LogP contribution in [0.1, 0.15) is 18.0 Å². The minimum atomic E-state index is -0.167. The maximum Gasteiger partial charge on any atom is 0.242 e. The van der Waals surface area contributed by atoms with Gasteiger partial charge in [-0.05, 0) is 18.5 Å². The lowest BCUT2D eigenvalue weighted by molar-refractivity contribution is -0.126. The van der Waals surface area contributed by atoms with Crippen molar-refractivity contribution >= 4 is 17.7 Å². The van der Waals surface area contributed by atoms with Crippen molar-refractivity contribution in [1.29, 1.82) is 0 Å². The first-order valence-corrected chi connectivity index (χ1v) is 9.53. The third kappa shape index (κ3) is 4.59. The van der Waals surface area contributed by atoms with Crippen molar-refractivity contribution in [2.24, 2.45) is 0 Å². The van der Waals surface area contributed by atoms with Crippen molar-refractivity contribution < 1.29 is 4.79 Å². The van der Waals surface area contributed by atoms with Gasteiger partial charge in [0.1, 0.15) is 6.04 Å². The van der Waals surface area contributed by atoms with Crippen molar-refractivity contribution in [1.82, 2.24) is 15.5 Å². The third-order valence-electron chi connectivity index (χ3n) is 4.42. The Labute approximate surface area is 142 Å². The van der Waals surface area contributed by atoms with E-state index in [1.54, 1.807) is 0 Å². The summed E-state index contributed by atoms with van der Waals surface area (Å²) in [5, 5.41) is 6.47. The monoisotopic (exact) mass is 331 g/mol. The van der Waals surface area contributed by atoms with Crippen LogP contribution in [-0.4, -0.2) is 55.0 Å². The van der Waals surface area contributed by atoms with Crippen molar-refractivity contribution in [3.05, 3.63) is 47.5 Å². The number of hydrogen-bond acceptors (Lipinski definition) is 4. The molecule has 1 unspecified atom stereocenters. The number of thioether (sulfide) groups is 1. The lowest BCUT2D eigenvalue weighted by Gasteiger charge is -2.33. The zero-order chi connectivity index (χ0) is 15.9. The summed E-state index contributed by atoms with van der Waals surface area (Å²) < 4.78 is 0. The lowest BCUT2D eigenvalue weighted by atomic mass is 10.0. The Hall–Kier alpha value is -1.30. The van der Waals surface area contributed by atoms with Gasteiger partial charge in [-0.1, -0.05) is 42.0 Å². The van der Waals surface area contributed by atoms with Gasteiger partial charge in [0.25, 0.3) is 0 Å². The van der Waals surface area contributed by atoms with Crippen LogP contribution < -0.4 is 10.6 Å². The lowest BCUT2D eigenvalue weighted by Crippen LogP contribution is -2.44. The Morgan fingerprint density at radius 1 is 1.26 bits per heavy atom. The topological polar surface area (TPSA) is 44.4 Å². The van der Waals surface area contributed by atoms with Crippen LogP contribution in [-0.2, 0) is 4.79 Å². The van der Waals surface area contributed by atoms with Gasteiger partial charge in [0, 0.05) is 37.7 Å². The fourth-order valence-corrected chi connectivity index (χ4v) is 4.06. The summed E-state index contributed by atoms with van der Waals surface area (Å²) >= 11 is 1.97. The Morgan fingerprint density at radius 3 is 2.74 bits per heavy atom. The average Bonchev–Trinajstić information content (AvgIpc) is 2.63. The Bertz CT molecular complexity index is 540. The van der Waals surface area contributed by atoms with Crippen LogP contribution in [0.3, 0.4) is 0 Å². The van der Waals surface area contributed by atoms with E-state index in [-0.39, 0.29) is 11.9 Å².